The number of amides is 3. The van der Waals surface area contributed by atoms with Gasteiger partial charge in [0.15, 0.2) is 6.61 Å². The monoisotopic (exact) mass is 437 g/mol. The number of hydrogen-bond acceptors (Lipinski definition) is 4. The Kier molecular flexibility index (Phi) is 7.51. The van der Waals surface area contributed by atoms with Gasteiger partial charge in [0.25, 0.3) is 11.8 Å². The number of carbonyl (C=O) groups excluding carboxylic acids is 3. The fourth-order valence-corrected chi connectivity index (χ4v) is 3.93. The summed E-state index contributed by atoms with van der Waals surface area (Å²) in [4.78, 5) is 39.3. The number of nitrogens with one attached hydrogen (secondary N) is 2. The minimum absolute atomic E-state index is 0.0692. The molecule has 0 radical (unpaired) electrons. The van der Waals surface area contributed by atoms with Gasteiger partial charge in [0, 0.05) is 18.7 Å². The second-order valence-corrected chi connectivity index (χ2v) is 8.56. The van der Waals surface area contributed by atoms with Gasteiger partial charge in [0.05, 0.1) is 5.92 Å². The van der Waals surface area contributed by atoms with E-state index in [-0.39, 0.29) is 24.3 Å². The normalized spacial score (nSPS) is 15.8. The van der Waals surface area contributed by atoms with Crippen molar-refractivity contribution >= 4 is 17.7 Å². The Bertz CT molecular complexity index is 998. The van der Waals surface area contributed by atoms with Gasteiger partial charge in [-0.2, -0.15) is 0 Å². The summed E-state index contributed by atoms with van der Waals surface area (Å²) in [7, 11) is 0. The van der Waals surface area contributed by atoms with Gasteiger partial charge < -0.3 is 9.64 Å². The van der Waals surface area contributed by atoms with E-state index in [0.717, 1.165) is 28.7 Å². The molecule has 1 unspecified atom stereocenters. The molecule has 1 saturated heterocycles. The highest BCUT2D eigenvalue weighted by Gasteiger charge is 2.29. The van der Waals surface area contributed by atoms with Crippen LogP contribution < -0.4 is 15.6 Å². The van der Waals surface area contributed by atoms with Crippen molar-refractivity contribution in [2.75, 3.05) is 19.7 Å². The van der Waals surface area contributed by atoms with Gasteiger partial charge in [0.1, 0.15) is 5.75 Å². The van der Waals surface area contributed by atoms with Crippen LogP contribution in [0, 0.1) is 33.6 Å². The fourth-order valence-electron chi connectivity index (χ4n) is 3.93. The van der Waals surface area contributed by atoms with Crippen LogP contribution in [0.4, 0.5) is 0 Å². The van der Waals surface area contributed by atoms with Crippen LogP contribution in [0.3, 0.4) is 0 Å². The number of rotatable bonds is 5. The molecule has 2 aromatic carbocycles. The number of ether oxygens (including phenoxy) is 1. The lowest BCUT2D eigenvalue weighted by atomic mass is 9.96. The SMILES string of the molecule is Cc1cc(C)cc(C(=O)N2CCCC(C(=O)NNC(=O)COc3cc(C)ccc3C)C2)c1. The molecular weight excluding hydrogens is 406 g/mol. The Balaban J connectivity index is 1.50. The molecule has 1 atom stereocenters. The summed E-state index contributed by atoms with van der Waals surface area (Å²) in [5.41, 5.74) is 9.56. The second kappa shape index (κ2) is 10.3. The molecule has 0 saturated carbocycles. The number of hydrogen-bond donors (Lipinski definition) is 2. The number of aryl methyl sites for hydroxylation is 4. The van der Waals surface area contributed by atoms with Gasteiger partial charge in [-0.05, 0) is 69.9 Å². The van der Waals surface area contributed by atoms with Crippen LogP contribution in [0.25, 0.3) is 0 Å². The van der Waals surface area contributed by atoms with E-state index in [2.05, 4.69) is 10.9 Å². The topological polar surface area (TPSA) is 87.7 Å². The Hall–Kier alpha value is -3.35. The number of hydrazine groups is 1. The van der Waals surface area contributed by atoms with Crippen molar-refractivity contribution in [3.05, 3.63) is 64.2 Å². The van der Waals surface area contributed by atoms with Crippen molar-refractivity contribution in [3.8, 4) is 5.75 Å². The summed E-state index contributed by atoms with van der Waals surface area (Å²) in [6.45, 7) is 8.52. The van der Waals surface area contributed by atoms with Crippen molar-refractivity contribution < 1.29 is 19.1 Å². The summed E-state index contributed by atoms with van der Waals surface area (Å²) < 4.78 is 5.56. The standard InChI is InChI=1S/C25H31N3O4/c1-16-7-8-19(4)22(13-16)32-15-23(29)26-27-24(30)20-6-5-9-28(14-20)25(31)21-11-17(2)10-18(3)12-21/h7-8,10-13,20H,5-6,9,14-15H2,1-4H3,(H,26,29)(H,27,30). The first kappa shape index (κ1) is 23.3. The molecule has 0 spiro atoms. The van der Waals surface area contributed by atoms with E-state index in [4.69, 9.17) is 4.74 Å². The molecule has 1 aliphatic rings. The first-order valence-electron chi connectivity index (χ1n) is 10.9. The number of benzene rings is 2. The van der Waals surface area contributed by atoms with Crippen LogP contribution >= 0.6 is 0 Å². The van der Waals surface area contributed by atoms with Crippen molar-refractivity contribution in [1.82, 2.24) is 15.8 Å². The fraction of sp³-hybridized carbons (Fsp3) is 0.400. The van der Waals surface area contributed by atoms with Crippen LogP contribution in [0.2, 0.25) is 0 Å². The van der Waals surface area contributed by atoms with Crippen molar-refractivity contribution in [2.45, 2.75) is 40.5 Å². The maximum absolute atomic E-state index is 12.9. The summed E-state index contributed by atoms with van der Waals surface area (Å²) in [5, 5.41) is 0. The van der Waals surface area contributed by atoms with Gasteiger partial charge in [-0.1, -0.05) is 29.3 Å². The van der Waals surface area contributed by atoms with Crippen LogP contribution in [-0.4, -0.2) is 42.3 Å². The molecule has 1 fully saturated rings. The van der Waals surface area contributed by atoms with E-state index in [1.54, 1.807) is 4.90 Å². The lowest BCUT2D eigenvalue weighted by Crippen LogP contribution is -2.50. The first-order valence-corrected chi connectivity index (χ1v) is 10.9. The number of piperidine rings is 1. The van der Waals surface area contributed by atoms with Crippen LogP contribution in [0.1, 0.15) is 45.5 Å². The highest BCUT2D eigenvalue weighted by atomic mass is 16.5. The zero-order valence-electron chi connectivity index (χ0n) is 19.2. The summed E-state index contributed by atoms with van der Waals surface area (Å²) >= 11 is 0. The predicted molar refractivity (Wildman–Crippen MR) is 122 cm³/mol. The quantitative estimate of drug-likeness (QED) is 0.704. The number of carbonyl (C=O) groups is 3. The largest absolute Gasteiger partial charge is 0.483 e. The van der Waals surface area contributed by atoms with Crippen LogP contribution in [0.5, 0.6) is 5.75 Å². The van der Waals surface area contributed by atoms with Crippen molar-refractivity contribution in [2.24, 2.45) is 5.92 Å². The molecule has 0 aliphatic carbocycles. The molecule has 0 aromatic heterocycles. The van der Waals surface area contributed by atoms with E-state index in [9.17, 15) is 14.4 Å². The lowest BCUT2D eigenvalue weighted by molar-refractivity contribution is -0.132. The predicted octanol–water partition coefficient (Wildman–Crippen LogP) is 3.00. The molecule has 2 N–H and O–H groups in total. The van der Waals surface area contributed by atoms with Gasteiger partial charge in [0.2, 0.25) is 5.91 Å². The highest BCUT2D eigenvalue weighted by molar-refractivity contribution is 5.95. The third kappa shape index (κ3) is 6.09. The first-order chi connectivity index (χ1) is 15.2. The molecule has 1 aliphatic heterocycles. The van der Waals surface area contributed by atoms with Gasteiger partial charge in [-0.25, -0.2) is 0 Å². The van der Waals surface area contributed by atoms with Crippen LogP contribution in [-0.2, 0) is 9.59 Å². The minimum atomic E-state index is -0.446. The average Bonchev–Trinajstić information content (AvgIpc) is 2.77. The zero-order chi connectivity index (χ0) is 23.3. The van der Waals surface area contributed by atoms with E-state index in [1.807, 2.05) is 64.1 Å². The van der Waals surface area contributed by atoms with Crippen molar-refractivity contribution in [3.63, 3.8) is 0 Å². The summed E-state index contributed by atoms with van der Waals surface area (Å²) in [6.07, 6.45) is 1.40. The third-order valence-corrected chi connectivity index (χ3v) is 5.58. The van der Waals surface area contributed by atoms with Crippen molar-refractivity contribution in [1.29, 1.82) is 0 Å². The highest BCUT2D eigenvalue weighted by Crippen LogP contribution is 2.20. The molecule has 0 bridgehead atoms. The summed E-state index contributed by atoms with van der Waals surface area (Å²) in [6, 6.07) is 11.5. The second-order valence-electron chi connectivity index (χ2n) is 8.56. The minimum Gasteiger partial charge on any atom is -0.483 e. The molecule has 32 heavy (non-hydrogen) atoms. The van der Waals surface area contributed by atoms with Gasteiger partial charge in [-0.15, -0.1) is 0 Å². The van der Waals surface area contributed by atoms with E-state index >= 15 is 0 Å². The third-order valence-electron chi connectivity index (χ3n) is 5.58. The number of likely N-dealkylation sites (tertiary alicyclic amines) is 1. The van der Waals surface area contributed by atoms with Gasteiger partial charge >= 0.3 is 0 Å². The lowest BCUT2D eigenvalue weighted by Gasteiger charge is -2.32. The van der Waals surface area contributed by atoms with Gasteiger partial charge in [-0.3, -0.25) is 25.2 Å². The molecule has 3 rings (SSSR count). The van der Waals surface area contributed by atoms with E-state index < -0.39 is 5.91 Å². The Labute approximate surface area is 189 Å². The smallest absolute Gasteiger partial charge is 0.276 e. The molecule has 2 aromatic rings. The molecule has 1 heterocycles. The van der Waals surface area contributed by atoms with Crippen LogP contribution in [0.15, 0.2) is 36.4 Å². The summed E-state index contributed by atoms with van der Waals surface area (Å²) in [5.74, 6) is -0.556. The molecular formula is C25H31N3O4. The molecule has 170 valence electrons. The maximum atomic E-state index is 12.9. The maximum Gasteiger partial charge on any atom is 0.276 e. The Morgan fingerprint density at radius 1 is 0.969 bits per heavy atom. The molecule has 7 heteroatoms. The van der Waals surface area contributed by atoms with E-state index in [1.165, 1.54) is 0 Å². The van der Waals surface area contributed by atoms with E-state index in [0.29, 0.717) is 30.8 Å². The zero-order valence-corrected chi connectivity index (χ0v) is 19.2. The average molecular weight is 438 g/mol. The number of nitrogens with zero attached hydrogens (tertiary/aromatic N) is 1. The Morgan fingerprint density at radius 3 is 2.41 bits per heavy atom. The molecule has 7 nitrogen and oxygen atoms in total. The Morgan fingerprint density at radius 2 is 1.69 bits per heavy atom. The molecule has 3 amide bonds.